The summed E-state index contributed by atoms with van der Waals surface area (Å²) in [5, 5.41) is 0. The third-order valence-electron chi connectivity index (χ3n) is 3.56. The van der Waals surface area contributed by atoms with Gasteiger partial charge in [-0.1, -0.05) is 6.07 Å². The van der Waals surface area contributed by atoms with E-state index in [-0.39, 0.29) is 18.0 Å². The van der Waals surface area contributed by atoms with Crippen molar-refractivity contribution in [3.8, 4) is 5.75 Å². The monoisotopic (exact) mass is 239 g/mol. The van der Waals surface area contributed by atoms with Crippen molar-refractivity contribution in [3.05, 3.63) is 29.6 Å². The van der Waals surface area contributed by atoms with Crippen molar-refractivity contribution in [1.29, 1.82) is 0 Å². The van der Waals surface area contributed by atoms with Crippen molar-refractivity contribution in [3.63, 3.8) is 0 Å². The second-order valence-corrected chi connectivity index (χ2v) is 4.79. The van der Waals surface area contributed by atoms with Crippen LogP contribution in [0.15, 0.2) is 18.2 Å². The number of hydrogen-bond acceptors (Lipinski definition) is 3. The van der Waals surface area contributed by atoms with E-state index in [0.717, 1.165) is 5.56 Å². The van der Waals surface area contributed by atoms with Gasteiger partial charge in [-0.05, 0) is 19.9 Å². The third-order valence-corrected chi connectivity index (χ3v) is 3.56. The summed E-state index contributed by atoms with van der Waals surface area (Å²) in [6.07, 6.45) is 0.547. The predicted molar refractivity (Wildman–Crippen MR) is 63.4 cm³/mol. The molecule has 0 amide bonds. The molecule has 0 spiro atoms. The fourth-order valence-corrected chi connectivity index (χ4v) is 2.24. The molecule has 1 aromatic rings. The van der Waals surface area contributed by atoms with Crippen molar-refractivity contribution in [2.75, 3.05) is 7.11 Å². The van der Waals surface area contributed by atoms with Crippen LogP contribution in [0.25, 0.3) is 0 Å². The Kier molecular flexibility index (Phi) is 3.10. The van der Waals surface area contributed by atoms with Crippen molar-refractivity contribution in [2.45, 2.75) is 38.0 Å². The lowest BCUT2D eigenvalue weighted by Gasteiger charge is -2.41. The molecular weight excluding hydrogens is 221 g/mol. The summed E-state index contributed by atoms with van der Waals surface area (Å²) < 4.78 is 24.4. The van der Waals surface area contributed by atoms with Crippen molar-refractivity contribution < 1.29 is 13.9 Å². The molecule has 1 aliphatic rings. The highest BCUT2D eigenvalue weighted by molar-refractivity contribution is 5.39. The summed E-state index contributed by atoms with van der Waals surface area (Å²) in [6, 6.07) is 4.33. The zero-order chi connectivity index (χ0) is 12.6. The number of hydrogen-bond donors (Lipinski definition) is 1. The van der Waals surface area contributed by atoms with Crippen molar-refractivity contribution >= 4 is 0 Å². The highest BCUT2D eigenvalue weighted by Crippen LogP contribution is 2.40. The average molecular weight is 239 g/mol. The molecule has 0 radical (unpaired) electrons. The van der Waals surface area contributed by atoms with E-state index in [1.807, 2.05) is 13.8 Å². The minimum absolute atomic E-state index is 0.107. The van der Waals surface area contributed by atoms with E-state index in [4.69, 9.17) is 15.2 Å². The van der Waals surface area contributed by atoms with Gasteiger partial charge in [-0.2, -0.15) is 0 Å². The van der Waals surface area contributed by atoms with Crippen LogP contribution in [0.4, 0.5) is 4.39 Å². The van der Waals surface area contributed by atoms with Crippen LogP contribution in [0.1, 0.15) is 31.9 Å². The average Bonchev–Trinajstić information content (AvgIpc) is 2.26. The van der Waals surface area contributed by atoms with Crippen LogP contribution in [0.2, 0.25) is 0 Å². The van der Waals surface area contributed by atoms with Crippen molar-refractivity contribution in [2.24, 2.45) is 5.73 Å². The number of halogens is 1. The maximum atomic E-state index is 13.2. The highest BCUT2D eigenvalue weighted by atomic mass is 19.1. The van der Waals surface area contributed by atoms with Crippen LogP contribution in [0.5, 0.6) is 5.75 Å². The first kappa shape index (κ1) is 12.3. The molecule has 0 fully saturated rings. The molecule has 3 atom stereocenters. The fourth-order valence-electron chi connectivity index (χ4n) is 2.24. The summed E-state index contributed by atoms with van der Waals surface area (Å²) >= 11 is 0. The Balaban J connectivity index is 2.37. The Bertz CT molecular complexity index is 424. The molecular formula is C13H18FNO2. The Hall–Kier alpha value is -1.13. The lowest BCUT2D eigenvalue weighted by Crippen LogP contribution is -2.49. The molecule has 2 N–H and O–H groups in total. The van der Waals surface area contributed by atoms with Gasteiger partial charge in [-0.25, -0.2) is 4.39 Å². The molecule has 94 valence electrons. The number of rotatable bonds is 2. The largest absolute Gasteiger partial charge is 0.484 e. The van der Waals surface area contributed by atoms with Gasteiger partial charge in [0, 0.05) is 31.2 Å². The molecule has 4 heteroatoms. The zero-order valence-electron chi connectivity index (χ0n) is 10.4. The van der Waals surface area contributed by atoms with E-state index >= 15 is 0 Å². The topological polar surface area (TPSA) is 44.5 Å². The number of benzene rings is 1. The van der Waals surface area contributed by atoms with E-state index in [2.05, 4.69) is 0 Å². The van der Waals surface area contributed by atoms with Crippen LogP contribution in [0.3, 0.4) is 0 Å². The lowest BCUT2D eigenvalue weighted by atomic mass is 9.85. The summed E-state index contributed by atoms with van der Waals surface area (Å²) in [6.45, 7) is 3.87. The standard InChI is InChI=1S/C13H18FNO2/c1-8(16-3)13(2)7-11(15)10-5-4-9(14)6-12(10)17-13/h4-6,8,11H,7,15H2,1-3H3. The van der Waals surface area contributed by atoms with Gasteiger partial charge in [0.25, 0.3) is 0 Å². The molecule has 17 heavy (non-hydrogen) atoms. The second kappa shape index (κ2) is 4.27. The van der Waals surface area contributed by atoms with Gasteiger partial charge in [0.05, 0.1) is 6.10 Å². The molecule has 0 aromatic heterocycles. The van der Waals surface area contributed by atoms with Crippen LogP contribution < -0.4 is 10.5 Å². The normalized spacial score (nSPS) is 29.4. The van der Waals surface area contributed by atoms with Gasteiger partial charge in [0.15, 0.2) is 0 Å². The first-order chi connectivity index (χ1) is 7.96. The Morgan fingerprint density at radius 3 is 2.94 bits per heavy atom. The zero-order valence-corrected chi connectivity index (χ0v) is 10.4. The molecule has 0 saturated heterocycles. The summed E-state index contributed by atoms with van der Waals surface area (Å²) in [7, 11) is 1.63. The number of methoxy groups -OCH3 is 1. The number of nitrogens with two attached hydrogens (primary N) is 1. The van der Waals surface area contributed by atoms with Crippen LogP contribution >= 0.6 is 0 Å². The van der Waals surface area contributed by atoms with Gasteiger partial charge in [0.1, 0.15) is 17.2 Å². The first-order valence-corrected chi connectivity index (χ1v) is 5.73. The SMILES string of the molecule is COC(C)C1(C)CC(N)c2ccc(F)cc2O1. The Labute approximate surface area is 101 Å². The second-order valence-electron chi connectivity index (χ2n) is 4.79. The number of ether oxygens (including phenoxy) is 2. The molecule has 1 heterocycles. The van der Waals surface area contributed by atoms with Crippen LogP contribution in [-0.4, -0.2) is 18.8 Å². The fraction of sp³-hybridized carbons (Fsp3) is 0.538. The molecule has 0 saturated carbocycles. The van der Waals surface area contributed by atoms with E-state index in [0.29, 0.717) is 12.2 Å². The molecule has 0 aliphatic carbocycles. The van der Waals surface area contributed by atoms with Crippen molar-refractivity contribution in [1.82, 2.24) is 0 Å². The summed E-state index contributed by atoms with van der Waals surface area (Å²) in [5.74, 6) is 0.209. The van der Waals surface area contributed by atoms with Crippen LogP contribution in [0, 0.1) is 5.82 Å². The predicted octanol–water partition coefficient (Wildman–Crippen LogP) is 2.40. The Morgan fingerprint density at radius 1 is 1.59 bits per heavy atom. The van der Waals surface area contributed by atoms with E-state index in [1.54, 1.807) is 13.2 Å². The van der Waals surface area contributed by atoms with E-state index in [9.17, 15) is 4.39 Å². The van der Waals surface area contributed by atoms with Gasteiger partial charge < -0.3 is 15.2 Å². The molecule has 1 aliphatic heterocycles. The molecule has 3 unspecified atom stereocenters. The molecule has 2 rings (SSSR count). The minimum atomic E-state index is -0.519. The highest BCUT2D eigenvalue weighted by Gasteiger charge is 2.40. The summed E-state index contributed by atoms with van der Waals surface area (Å²) in [5.41, 5.74) is 6.44. The molecule has 3 nitrogen and oxygen atoms in total. The maximum absolute atomic E-state index is 13.2. The smallest absolute Gasteiger partial charge is 0.134 e. The molecule has 1 aromatic carbocycles. The maximum Gasteiger partial charge on any atom is 0.134 e. The van der Waals surface area contributed by atoms with E-state index < -0.39 is 5.60 Å². The number of fused-ring (bicyclic) bond motifs is 1. The molecule has 0 bridgehead atoms. The van der Waals surface area contributed by atoms with E-state index in [1.165, 1.54) is 12.1 Å². The van der Waals surface area contributed by atoms with Gasteiger partial charge in [0.2, 0.25) is 0 Å². The van der Waals surface area contributed by atoms with Crippen LogP contribution in [-0.2, 0) is 4.74 Å². The minimum Gasteiger partial charge on any atom is -0.484 e. The quantitative estimate of drug-likeness (QED) is 0.862. The van der Waals surface area contributed by atoms with Gasteiger partial charge >= 0.3 is 0 Å². The summed E-state index contributed by atoms with van der Waals surface area (Å²) in [4.78, 5) is 0. The lowest BCUT2D eigenvalue weighted by molar-refractivity contribution is -0.0708. The third kappa shape index (κ3) is 2.15. The first-order valence-electron chi connectivity index (χ1n) is 5.73. The Morgan fingerprint density at radius 2 is 2.29 bits per heavy atom. The van der Waals surface area contributed by atoms with Gasteiger partial charge in [-0.3, -0.25) is 0 Å². The van der Waals surface area contributed by atoms with Gasteiger partial charge in [-0.15, -0.1) is 0 Å².